The van der Waals surface area contributed by atoms with Crippen LogP contribution in [0.4, 0.5) is 0 Å². The molecule has 2 unspecified atom stereocenters. The molecule has 0 saturated heterocycles. The van der Waals surface area contributed by atoms with Gasteiger partial charge in [-0.15, -0.1) is 0 Å². The van der Waals surface area contributed by atoms with Gasteiger partial charge in [-0.1, -0.05) is 25.0 Å². The van der Waals surface area contributed by atoms with Gasteiger partial charge < -0.3 is 5.11 Å². The molecule has 0 bridgehead atoms. The molecule has 21 heavy (non-hydrogen) atoms. The first-order valence-electron chi connectivity index (χ1n) is 7.18. The summed E-state index contributed by atoms with van der Waals surface area (Å²) in [5.41, 5.74) is 0.486. The second kappa shape index (κ2) is 6.68. The summed E-state index contributed by atoms with van der Waals surface area (Å²) in [5.74, 6) is -0.121. The van der Waals surface area contributed by atoms with E-state index in [-0.39, 0.29) is 29.2 Å². The molecule has 1 aromatic rings. The fourth-order valence-electron chi connectivity index (χ4n) is 2.72. The van der Waals surface area contributed by atoms with Crippen LogP contribution in [-0.4, -0.2) is 32.0 Å². The topological polar surface area (TPSA) is 83.5 Å². The molecule has 1 fully saturated rings. The molecule has 0 amide bonds. The Bertz CT molecular complexity index is 595. The molecule has 116 valence electrons. The summed E-state index contributed by atoms with van der Waals surface area (Å²) in [6, 6.07) is 5.69. The first-order chi connectivity index (χ1) is 9.94. The fraction of sp³-hybridized carbons (Fsp3) is 0.533. The normalized spacial score (nSPS) is 23.0. The van der Waals surface area contributed by atoms with Gasteiger partial charge in [-0.25, -0.2) is 13.1 Å². The third-order valence-electron chi connectivity index (χ3n) is 4.02. The SMILES string of the molecule is CC(=O)c1ccc(S(=O)(=O)NC2CCCCC2CO)cc1. The zero-order valence-corrected chi connectivity index (χ0v) is 12.9. The lowest BCUT2D eigenvalue weighted by atomic mass is 9.86. The van der Waals surface area contributed by atoms with Crippen molar-refractivity contribution in [3.05, 3.63) is 29.8 Å². The van der Waals surface area contributed by atoms with Gasteiger partial charge in [0.2, 0.25) is 10.0 Å². The molecular formula is C15H21NO4S. The number of ketones is 1. The van der Waals surface area contributed by atoms with Gasteiger partial charge in [0.05, 0.1) is 4.90 Å². The smallest absolute Gasteiger partial charge is 0.240 e. The van der Waals surface area contributed by atoms with E-state index in [1.807, 2.05) is 0 Å². The molecule has 1 aliphatic carbocycles. The van der Waals surface area contributed by atoms with Crippen LogP contribution in [0.5, 0.6) is 0 Å². The molecule has 0 heterocycles. The van der Waals surface area contributed by atoms with Gasteiger partial charge in [0.25, 0.3) is 0 Å². The molecule has 1 saturated carbocycles. The number of aliphatic hydroxyl groups excluding tert-OH is 1. The Kier molecular flexibility index (Phi) is 5.13. The highest BCUT2D eigenvalue weighted by molar-refractivity contribution is 7.89. The summed E-state index contributed by atoms with van der Waals surface area (Å²) in [4.78, 5) is 11.4. The second-order valence-corrected chi connectivity index (χ2v) is 7.25. The van der Waals surface area contributed by atoms with Crippen LogP contribution in [0.25, 0.3) is 0 Å². The van der Waals surface area contributed by atoms with Crippen molar-refractivity contribution in [3.8, 4) is 0 Å². The molecule has 6 heteroatoms. The van der Waals surface area contributed by atoms with Crippen LogP contribution in [0.1, 0.15) is 43.0 Å². The van der Waals surface area contributed by atoms with E-state index < -0.39 is 10.0 Å². The van der Waals surface area contributed by atoms with Gasteiger partial charge in [0.15, 0.2) is 5.78 Å². The van der Waals surface area contributed by atoms with Crippen LogP contribution < -0.4 is 4.72 Å². The molecule has 2 N–H and O–H groups in total. The highest BCUT2D eigenvalue weighted by Crippen LogP contribution is 2.25. The van der Waals surface area contributed by atoms with Gasteiger partial charge in [0.1, 0.15) is 0 Å². The first-order valence-corrected chi connectivity index (χ1v) is 8.66. The number of hydrogen-bond acceptors (Lipinski definition) is 4. The number of carbonyl (C=O) groups excluding carboxylic acids is 1. The number of carbonyl (C=O) groups is 1. The maximum absolute atomic E-state index is 12.4. The summed E-state index contributed by atoms with van der Waals surface area (Å²) in [6.45, 7) is 1.44. The Balaban J connectivity index is 2.15. The first kappa shape index (κ1) is 16.1. The molecule has 1 aliphatic rings. The van der Waals surface area contributed by atoms with Gasteiger partial charge in [-0.05, 0) is 37.8 Å². The van der Waals surface area contributed by atoms with Crippen LogP contribution in [-0.2, 0) is 10.0 Å². The number of aliphatic hydroxyl groups is 1. The molecule has 5 nitrogen and oxygen atoms in total. The average Bonchev–Trinajstić information content (AvgIpc) is 2.47. The van der Waals surface area contributed by atoms with E-state index in [4.69, 9.17) is 0 Å². The average molecular weight is 311 g/mol. The minimum absolute atomic E-state index is 0.00351. The van der Waals surface area contributed by atoms with Gasteiger partial charge in [0, 0.05) is 18.2 Å². The maximum Gasteiger partial charge on any atom is 0.240 e. The van der Waals surface area contributed by atoms with Crippen molar-refractivity contribution in [2.75, 3.05) is 6.61 Å². The van der Waals surface area contributed by atoms with E-state index in [2.05, 4.69) is 4.72 Å². The van der Waals surface area contributed by atoms with Crippen LogP contribution in [0.2, 0.25) is 0 Å². The number of rotatable bonds is 5. The number of Topliss-reactive ketones (excluding diaryl/α,β-unsaturated/α-hetero) is 1. The lowest BCUT2D eigenvalue weighted by molar-refractivity contribution is 0.101. The molecular weight excluding hydrogens is 290 g/mol. The molecule has 1 aromatic carbocycles. The van der Waals surface area contributed by atoms with E-state index in [0.29, 0.717) is 5.56 Å². The summed E-state index contributed by atoms with van der Waals surface area (Å²) < 4.78 is 27.4. The van der Waals surface area contributed by atoms with E-state index in [9.17, 15) is 18.3 Å². The zero-order valence-electron chi connectivity index (χ0n) is 12.1. The largest absolute Gasteiger partial charge is 0.396 e. The van der Waals surface area contributed by atoms with Crippen molar-refractivity contribution in [1.82, 2.24) is 4.72 Å². The molecule has 0 aromatic heterocycles. The van der Waals surface area contributed by atoms with Crippen molar-refractivity contribution in [3.63, 3.8) is 0 Å². The monoisotopic (exact) mass is 311 g/mol. The Morgan fingerprint density at radius 1 is 1.24 bits per heavy atom. The Morgan fingerprint density at radius 2 is 1.86 bits per heavy atom. The third kappa shape index (κ3) is 3.90. The van der Waals surface area contributed by atoms with Crippen LogP contribution in [0.3, 0.4) is 0 Å². The van der Waals surface area contributed by atoms with Gasteiger partial charge >= 0.3 is 0 Å². The maximum atomic E-state index is 12.4. The predicted molar refractivity (Wildman–Crippen MR) is 79.6 cm³/mol. The molecule has 2 atom stereocenters. The minimum atomic E-state index is -3.62. The Labute approximate surface area is 125 Å². The highest BCUT2D eigenvalue weighted by Gasteiger charge is 2.29. The van der Waals surface area contributed by atoms with E-state index in [1.165, 1.54) is 31.2 Å². The predicted octanol–water partition coefficient (Wildman–Crippen LogP) is 1.72. The lowest BCUT2D eigenvalue weighted by Crippen LogP contribution is -2.43. The quantitative estimate of drug-likeness (QED) is 0.811. The van der Waals surface area contributed by atoms with Crippen LogP contribution in [0.15, 0.2) is 29.2 Å². The van der Waals surface area contributed by atoms with Gasteiger partial charge in [-0.3, -0.25) is 4.79 Å². The number of benzene rings is 1. The molecule has 0 radical (unpaired) electrons. The molecule has 0 spiro atoms. The van der Waals surface area contributed by atoms with Crippen LogP contribution >= 0.6 is 0 Å². The van der Waals surface area contributed by atoms with Crippen molar-refractivity contribution in [1.29, 1.82) is 0 Å². The summed E-state index contributed by atoms with van der Waals surface area (Å²) in [7, 11) is -3.62. The van der Waals surface area contributed by atoms with Crippen molar-refractivity contribution in [2.24, 2.45) is 5.92 Å². The van der Waals surface area contributed by atoms with Crippen LogP contribution in [0, 0.1) is 5.92 Å². The summed E-state index contributed by atoms with van der Waals surface area (Å²) >= 11 is 0. The summed E-state index contributed by atoms with van der Waals surface area (Å²) in [5, 5.41) is 9.35. The highest BCUT2D eigenvalue weighted by atomic mass is 32.2. The standard InChI is InChI=1S/C15H21NO4S/c1-11(18)12-6-8-14(9-7-12)21(19,20)16-15-5-3-2-4-13(15)10-17/h6-9,13,15-17H,2-5,10H2,1H3. The van der Waals surface area contributed by atoms with Crippen molar-refractivity contribution >= 4 is 15.8 Å². The Morgan fingerprint density at radius 3 is 2.43 bits per heavy atom. The number of nitrogens with one attached hydrogen (secondary N) is 1. The van der Waals surface area contributed by atoms with E-state index in [1.54, 1.807) is 0 Å². The molecule has 2 rings (SSSR count). The Hall–Kier alpha value is -1.24. The minimum Gasteiger partial charge on any atom is -0.396 e. The fourth-order valence-corrected chi connectivity index (χ4v) is 4.06. The van der Waals surface area contributed by atoms with Crippen molar-refractivity contribution in [2.45, 2.75) is 43.5 Å². The van der Waals surface area contributed by atoms with Gasteiger partial charge in [-0.2, -0.15) is 0 Å². The second-order valence-electron chi connectivity index (χ2n) is 5.54. The lowest BCUT2D eigenvalue weighted by Gasteiger charge is -2.30. The summed E-state index contributed by atoms with van der Waals surface area (Å²) in [6.07, 6.45) is 3.58. The van der Waals surface area contributed by atoms with Crippen molar-refractivity contribution < 1.29 is 18.3 Å². The number of sulfonamides is 1. The zero-order chi connectivity index (χ0) is 15.5. The number of hydrogen-bond donors (Lipinski definition) is 2. The van der Waals surface area contributed by atoms with E-state index >= 15 is 0 Å². The third-order valence-corrected chi connectivity index (χ3v) is 5.53. The molecule has 0 aliphatic heterocycles. The van der Waals surface area contributed by atoms with E-state index in [0.717, 1.165) is 25.7 Å².